The standard InChI is InChI=1S/C5H8N2OS.C4H9NO.C3H8.C2H6/c8-5-6-3-1-9-2-4(3)7-5;1-3-5-4(2)6;1-3-2;1-2/h3-4H,1-2H2,(H2,6,7,8);3H2,1-2H3,(H,5,6);3H2,1-2H3;1-2H3/t3-,4?;;;/m0.../s1. The van der Waals surface area contributed by atoms with Gasteiger partial charge in [-0.05, 0) is 6.92 Å². The average Bonchev–Trinajstić information content (AvgIpc) is 2.93. The molecule has 0 aromatic heterocycles. The minimum atomic E-state index is 0.00491. The van der Waals surface area contributed by atoms with Gasteiger partial charge in [0.05, 0.1) is 12.1 Å². The van der Waals surface area contributed by atoms with E-state index >= 15 is 0 Å². The van der Waals surface area contributed by atoms with Gasteiger partial charge in [-0.1, -0.05) is 34.1 Å². The van der Waals surface area contributed by atoms with Crippen molar-refractivity contribution in [2.45, 2.75) is 60.0 Å². The summed E-state index contributed by atoms with van der Waals surface area (Å²) >= 11 is 1.89. The summed E-state index contributed by atoms with van der Waals surface area (Å²) in [5, 5.41) is 8.26. The molecule has 3 N–H and O–H groups in total. The molecule has 3 amide bonds. The van der Waals surface area contributed by atoms with Gasteiger partial charge >= 0.3 is 6.03 Å². The third-order valence-electron chi connectivity index (χ3n) is 2.14. The van der Waals surface area contributed by atoms with Gasteiger partial charge in [-0.15, -0.1) is 0 Å². The molecule has 0 aromatic carbocycles. The summed E-state index contributed by atoms with van der Waals surface area (Å²) in [6.45, 7) is 12.4. The van der Waals surface area contributed by atoms with E-state index in [2.05, 4.69) is 29.8 Å². The molecule has 0 saturated carbocycles. The van der Waals surface area contributed by atoms with E-state index in [1.807, 2.05) is 32.5 Å². The van der Waals surface area contributed by atoms with Crippen molar-refractivity contribution >= 4 is 23.7 Å². The van der Waals surface area contributed by atoms with Crippen LogP contribution in [-0.4, -0.2) is 42.1 Å². The maximum absolute atomic E-state index is 10.6. The molecule has 0 spiro atoms. The predicted octanol–water partition coefficient (Wildman–Crippen LogP) is 2.37. The van der Waals surface area contributed by atoms with Gasteiger partial charge in [0.2, 0.25) is 5.91 Å². The largest absolute Gasteiger partial charge is 0.357 e. The molecule has 20 heavy (non-hydrogen) atoms. The third-order valence-corrected chi connectivity index (χ3v) is 3.33. The lowest BCUT2D eigenvalue weighted by molar-refractivity contribution is -0.118. The highest BCUT2D eigenvalue weighted by atomic mass is 32.2. The Hall–Kier alpha value is -0.910. The number of carbonyl (C=O) groups excluding carboxylic acids is 2. The van der Waals surface area contributed by atoms with Gasteiger partial charge in [-0.25, -0.2) is 4.79 Å². The fourth-order valence-electron chi connectivity index (χ4n) is 1.47. The van der Waals surface area contributed by atoms with Gasteiger partial charge in [0.1, 0.15) is 0 Å². The molecule has 5 nitrogen and oxygen atoms in total. The van der Waals surface area contributed by atoms with Gasteiger partial charge in [0.15, 0.2) is 0 Å². The summed E-state index contributed by atoms with van der Waals surface area (Å²) in [6, 6.07) is 0.815. The topological polar surface area (TPSA) is 70.2 Å². The molecule has 0 aliphatic carbocycles. The lowest BCUT2D eigenvalue weighted by Crippen LogP contribution is -2.31. The highest BCUT2D eigenvalue weighted by Crippen LogP contribution is 2.20. The van der Waals surface area contributed by atoms with Crippen LogP contribution < -0.4 is 16.0 Å². The lowest BCUT2D eigenvalue weighted by atomic mass is 10.2. The Morgan fingerprint density at radius 2 is 1.60 bits per heavy atom. The van der Waals surface area contributed by atoms with Crippen LogP contribution in [0.3, 0.4) is 0 Å². The Bertz CT molecular complexity index is 249. The molecular weight excluding hydrogens is 274 g/mol. The van der Waals surface area contributed by atoms with Gasteiger partial charge < -0.3 is 16.0 Å². The molecule has 2 rings (SSSR count). The van der Waals surface area contributed by atoms with Crippen molar-refractivity contribution < 1.29 is 9.59 Å². The number of urea groups is 1. The van der Waals surface area contributed by atoms with Gasteiger partial charge in [-0.3, -0.25) is 4.79 Å². The first-order valence-electron chi connectivity index (χ1n) is 7.44. The monoisotopic (exact) mass is 305 g/mol. The summed E-state index contributed by atoms with van der Waals surface area (Å²) in [5.41, 5.74) is 0. The Morgan fingerprint density at radius 3 is 1.85 bits per heavy atom. The van der Waals surface area contributed by atoms with Crippen molar-refractivity contribution in [2.24, 2.45) is 0 Å². The van der Waals surface area contributed by atoms with E-state index in [9.17, 15) is 9.59 Å². The smallest absolute Gasteiger partial charge is 0.315 e. The fraction of sp³-hybridized carbons (Fsp3) is 0.857. The third kappa shape index (κ3) is 11.0. The number of nitrogens with one attached hydrogen (secondary N) is 3. The molecular formula is C14H31N3O2S. The zero-order valence-electron chi connectivity index (χ0n) is 13.7. The minimum absolute atomic E-state index is 0.00491. The first kappa shape index (κ1) is 21.4. The number of carbonyl (C=O) groups is 2. The SMILES string of the molecule is CC.CCC.CCNC(C)=O.O=C1NC2CSC[C@@H]2N1. The molecule has 2 aliphatic heterocycles. The number of thioether (sulfide) groups is 1. The van der Waals surface area contributed by atoms with Crippen LogP contribution in [0.1, 0.15) is 48.0 Å². The highest BCUT2D eigenvalue weighted by molar-refractivity contribution is 7.99. The Morgan fingerprint density at radius 1 is 1.20 bits per heavy atom. The van der Waals surface area contributed by atoms with Gasteiger partial charge in [-0.2, -0.15) is 11.8 Å². The number of hydrogen-bond acceptors (Lipinski definition) is 3. The number of hydrogen-bond donors (Lipinski definition) is 3. The molecule has 2 heterocycles. The normalized spacial score (nSPS) is 21.4. The molecule has 120 valence electrons. The number of fused-ring (bicyclic) bond motifs is 1. The van der Waals surface area contributed by atoms with E-state index < -0.39 is 0 Å². The van der Waals surface area contributed by atoms with Crippen molar-refractivity contribution in [2.75, 3.05) is 18.1 Å². The zero-order chi connectivity index (χ0) is 16.0. The zero-order valence-corrected chi connectivity index (χ0v) is 14.5. The van der Waals surface area contributed by atoms with E-state index in [4.69, 9.17) is 0 Å². The molecule has 0 radical (unpaired) electrons. The van der Waals surface area contributed by atoms with Crippen LogP contribution in [0.15, 0.2) is 0 Å². The summed E-state index contributed by atoms with van der Waals surface area (Å²) in [4.78, 5) is 20.6. The van der Waals surface area contributed by atoms with Crippen LogP contribution in [0, 0.1) is 0 Å². The lowest BCUT2D eigenvalue weighted by Gasteiger charge is -2.02. The molecule has 2 aliphatic rings. The van der Waals surface area contributed by atoms with E-state index in [0.29, 0.717) is 12.1 Å². The van der Waals surface area contributed by atoms with E-state index in [-0.39, 0.29) is 11.9 Å². The number of rotatable bonds is 1. The quantitative estimate of drug-likeness (QED) is 0.651. The van der Waals surface area contributed by atoms with E-state index in [1.165, 1.54) is 13.3 Å². The summed E-state index contributed by atoms with van der Waals surface area (Å²) in [6.07, 6.45) is 1.25. The van der Waals surface area contributed by atoms with Gasteiger partial charge in [0.25, 0.3) is 0 Å². The maximum atomic E-state index is 10.6. The van der Waals surface area contributed by atoms with Crippen molar-refractivity contribution in [3.63, 3.8) is 0 Å². The molecule has 2 saturated heterocycles. The Labute approximate surface area is 128 Å². The van der Waals surface area contributed by atoms with E-state index in [1.54, 1.807) is 0 Å². The van der Waals surface area contributed by atoms with Crippen molar-refractivity contribution in [3.05, 3.63) is 0 Å². The van der Waals surface area contributed by atoms with Crippen LogP contribution >= 0.6 is 11.8 Å². The molecule has 2 atom stereocenters. The second kappa shape index (κ2) is 14.5. The van der Waals surface area contributed by atoms with Crippen molar-refractivity contribution in [1.29, 1.82) is 0 Å². The highest BCUT2D eigenvalue weighted by Gasteiger charge is 2.35. The molecule has 6 heteroatoms. The Balaban J connectivity index is 0. The summed E-state index contributed by atoms with van der Waals surface area (Å²) < 4.78 is 0. The van der Waals surface area contributed by atoms with Crippen molar-refractivity contribution in [1.82, 2.24) is 16.0 Å². The first-order valence-corrected chi connectivity index (χ1v) is 8.59. The van der Waals surface area contributed by atoms with Crippen LogP contribution in [0.5, 0.6) is 0 Å². The molecule has 0 bridgehead atoms. The predicted molar refractivity (Wildman–Crippen MR) is 88.2 cm³/mol. The fourth-order valence-corrected chi connectivity index (χ4v) is 2.74. The van der Waals surface area contributed by atoms with Crippen LogP contribution in [0.2, 0.25) is 0 Å². The average molecular weight is 305 g/mol. The second-order valence-corrected chi connectivity index (χ2v) is 5.24. The summed E-state index contributed by atoms with van der Waals surface area (Å²) in [5.74, 6) is 2.19. The van der Waals surface area contributed by atoms with Crippen LogP contribution in [0.25, 0.3) is 0 Å². The molecule has 2 fully saturated rings. The van der Waals surface area contributed by atoms with Crippen LogP contribution in [-0.2, 0) is 4.79 Å². The first-order chi connectivity index (χ1) is 9.54. The van der Waals surface area contributed by atoms with E-state index in [0.717, 1.165) is 18.1 Å². The summed E-state index contributed by atoms with van der Waals surface area (Å²) in [7, 11) is 0. The molecule has 0 aromatic rings. The second-order valence-electron chi connectivity index (χ2n) is 4.16. The van der Waals surface area contributed by atoms with Crippen molar-refractivity contribution in [3.8, 4) is 0 Å². The molecule has 1 unspecified atom stereocenters. The minimum Gasteiger partial charge on any atom is -0.357 e. The number of amides is 3. The van der Waals surface area contributed by atoms with Crippen LogP contribution in [0.4, 0.5) is 4.79 Å². The maximum Gasteiger partial charge on any atom is 0.315 e. The Kier molecular flexibility index (Phi) is 15.5. The van der Waals surface area contributed by atoms with Gasteiger partial charge in [0, 0.05) is 25.0 Å².